The highest BCUT2D eigenvalue weighted by Crippen LogP contribution is 2.35. The second-order valence-corrected chi connectivity index (χ2v) is 7.45. The smallest absolute Gasteiger partial charge is 0.341 e. The molecule has 128 valence electrons. The molecule has 0 fully saturated rings. The number of hydrogen-bond donors (Lipinski definition) is 1. The van der Waals surface area contributed by atoms with Crippen molar-refractivity contribution in [1.82, 2.24) is 0 Å². The van der Waals surface area contributed by atoms with Gasteiger partial charge in [-0.2, -0.15) is 8.42 Å². The van der Waals surface area contributed by atoms with Crippen LogP contribution in [0.15, 0.2) is 35.2 Å². The Balaban J connectivity index is 2.38. The zero-order valence-corrected chi connectivity index (χ0v) is 15.5. The van der Waals surface area contributed by atoms with Crippen LogP contribution in [0.5, 0.6) is 5.75 Å². The van der Waals surface area contributed by atoms with Gasteiger partial charge in [0.05, 0.1) is 5.02 Å². The van der Waals surface area contributed by atoms with Crippen LogP contribution in [-0.4, -0.2) is 14.3 Å². The van der Waals surface area contributed by atoms with Crippen molar-refractivity contribution in [3.8, 4) is 5.75 Å². The average Bonchev–Trinajstić information content (AvgIpc) is 2.46. The minimum absolute atomic E-state index is 0.0757. The van der Waals surface area contributed by atoms with Gasteiger partial charge in [-0.3, -0.25) is 4.79 Å². The highest BCUT2D eigenvalue weighted by Gasteiger charge is 2.26. The number of carbonyl (C=O) groups is 1. The normalized spacial score (nSPS) is 11.2. The number of hydrogen-bond acceptors (Lipinski definition) is 4. The molecule has 0 aliphatic rings. The van der Waals surface area contributed by atoms with Crippen LogP contribution in [-0.2, 0) is 14.9 Å². The van der Waals surface area contributed by atoms with E-state index in [4.69, 9.17) is 27.4 Å². The fraction of sp³-hybridized carbons (Fsp3) is 0.188. The topological polar surface area (TPSA) is 72.5 Å². The van der Waals surface area contributed by atoms with Gasteiger partial charge in [-0.15, -0.1) is 0 Å². The van der Waals surface area contributed by atoms with Gasteiger partial charge in [0.25, 0.3) is 0 Å². The molecule has 0 aliphatic heterocycles. The van der Waals surface area contributed by atoms with Crippen molar-refractivity contribution in [2.75, 3.05) is 5.32 Å². The lowest BCUT2D eigenvalue weighted by molar-refractivity contribution is -0.114. The second kappa shape index (κ2) is 7.01. The quantitative estimate of drug-likeness (QED) is 0.791. The van der Waals surface area contributed by atoms with Crippen molar-refractivity contribution in [2.45, 2.75) is 25.7 Å². The summed E-state index contributed by atoms with van der Waals surface area (Å²) in [5.74, 6) is -0.134. The standard InChI is InChI=1S/C16H15Cl2NO4S/c1-9-8-14(17)10(2)16(15(9)18)24(21,22)23-13-6-4-12(5-7-13)19-11(3)20/h4-8H,1-3H3,(H,19,20). The molecule has 0 heterocycles. The SMILES string of the molecule is CC(=O)Nc1ccc(OS(=O)(=O)c2c(C)c(Cl)cc(C)c2Cl)cc1. The summed E-state index contributed by atoms with van der Waals surface area (Å²) < 4.78 is 30.3. The summed E-state index contributed by atoms with van der Waals surface area (Å²) in [5, 5.41) is 2.94. The molecular weight excluding hydrogens is 373 g/mol. The Bertz CT molecular complexity index is 867. The van der Waals surface area contributed by atoms with Gasteiger partial charge < -0.3 is 9.50 Å². The molecule has 2 aromatic rings. The molecule has 1 amide bonds. The van der Waals surface area contributed by atoms with Gasteiger partial charge >= 0.3 is 10.1 Å². The first-order chi connectivity index (χ1) is 11.1. The highest BCUT2D eigenvalue weighted by molar-refractivity contribution is 7.87. The van der Waals surface area contributed by atoms with Crippen LogP contribution in [0.25, 0.3) is 0 Å². The van der Waals surface area contributed by atoms with E-state index in [2.05, 4.69) is 5.32 Å². The summed E-state index contributed by atoms with van der Waals surface area (Å²) in [6.07, 6.45) is 0. The molecule has 5 nitrogen and oxygen atoms in total. The van der Waals surface area contributed by atoms with Crippen molar-refractivity contribution in [2.24, 2.45) is 0 Å². The maximum absolute atomic E-state index is 12.6. The predicted molar refractivity (Wildman–Crippen MR) is 94.5 cm³/mol. The van der Waals surface area contributed by atoms with Gasteiger partial charge in [0, 0.05) is 17.6 Å². The molecule has 0 saturated heterocycles. The molecule has 0 saturated carbocycles. The van der Waals surface area contributed by atoms with Crippen molar-refractivity contribution in [3.63, 3.8) is 0 Å². The minimum Gasteiger partial charge on any atom is -0.379 e. The van der Waals surface area contributed by atoms with Crippen LogP contribution >= 0.6 is 23.2 Å². The number of anilines is 1. The maximum Gasteiger partial charge on any atom is 0.341 e. The number of carbonyl (C=O) groups excluding carboxylic acids is 1. The summed E-state index contributed by atoms with van der Waals surface area (Å²) >= 11 is 12.2. The van der Waals surface area contributed by atoms with Crippen LogP contribution < -0.4 is 9.50 Å². The highest BCUT2D eigenvalue weighted by atomic mass is 35.5. The fourth-order valence-corrected chi connectivity index (χ4v) is 4.18. The van der Waals surface area contributed by atoms with Gasteiger partial charge in [-0.25, -0.2) is 0 Å². The van der Waals surface area contributed by atoms with Gasteiger partial charge in [-0.05, 0) is 55.3 Å². The second-order valence-electron chi connectivity index (χ2n) is 5.19. The van der Waals surface area contributed by atoms with E-state index >= 15 is 0 Å². The molecule has 2 aromatic carbocycles. The molecule has 0 unspecified atom stereocenters. The first kappa shape index (κ1) is 18.6. The Morgan fingerprint density at radius 3 is 2.25 bits per heavy atom. The van der Waals surface area contributed by atoms with E-state index in [0.29, 0.717) is 21.8 Å². The Morgan fingerprint density at radius 2 is 1.71 bits per heavy atom. The molecule has 0 atom stereocenters. The Labute approximate surface area is 150 Å². The van der Waals surface area contributed by atoms with Crippen molar-refractivity contribution in [1.29, 1.82) is 0 Å². The maximum atomic E-state index is 12.6. The van der Waals surface area contributed by atoms with Gasteiger partial charge in [-0.1, -0.05) is 23.2 Å². The van der Waals surface area contributed by atoms with E-state index in [1.807, 2.05) is 0 Å². The Kier molecular flexibility index (Phi) is 5.42. The number of amides is 1. The lowest BCUT2D eigenvalue weighted by atomic mass is 10.2. The zero-order valence-electron chi connectivity index (χ0n) is 13.2. The Morgan fingerprint density at radius 1 is 1.12 bits per heavy atom. The molecule has 0 bridgehead atoms. The zero-order chi connectivity index (χ0) is 18.1. The summed E-state index contributed by atoms with van der Waals surface area (Å²) in [5.41, 5.74) is 1.39. The lowest BCUT2D eigenvalue weighted by Gasteiger charge is -2.14. The number of nitrogens with one attached hydrogen (secondary N) is 1. The van der Waals surface area contributed by atoms with Crippen LogP contribution in [0.3, 0.4) is 0 Å². The van der Waals surface area contributed by atoms with E-state index in [1.54, 1.807) is 19.9 Å². The molecule has 2 rings (SSSR count). The van der Waals surface area contributed by atoms with E-state index in [-0.39, 0.29) is 21.6 Å². The van der Waals surface area contributed by atoms with Crippen LogP contribution in [0.2, 0.25) is 10.0 Å². The minimum atomic E-state index is -4.16. The Hall–Kier alpha value is -1.76. The van der Waals surface area contributed by atoms with Crippen molar-refractivity contribution in [3.05, 3.63) is 51.5 Å². The summed E-state index contributed by atoms with van der Waals surface area (Å²) in [6.45, 7) is 4.60. The molecule has 8 heteroatoms. The molecule has 0 spiro atoms. The summed E-state index contributed by atoms with van der Waals surface area (Å²) in [7, 11) is -4.16. The number of halogens is 2. The summed E-state index contributed by atoms with van der Waals surface area (Å²) in [6, 6.07) is 7.53. The third kappa shape index (κ3) is 4.01. The van der Waals surface area contributed by atoms with Crippen LogP contribution in [0.4, 0.5) is 5.69 Å². The molecule has 1 N–H and O–H groups in total. The molecule has 0 aliphatic carbocycles. The average molecular weight is 388 g/mol. The van der Waals surface area contributed by atoms with E-state index in [0.717, 1.165) is 0 Å². The van der Waals surface area contributed by atoms with E-state index in [9.17, 15) is 13.2 Å². The summed E-state index contributed by atoms with van der Waals surface area (Å²) in [4.78, 5) is 10.8. The lowest BCUT2D eigenvalue weighted by Crippen LogP contribution is -2.13. The fourth-order valence-electron chi connectivity index (χ4n) is 2.08. The molecule has 24 heavy (non-hydrogen) atoms. The third-order valence-electron chi connectivity index (χ3n) is 3.22. The largest absolute Gasteiger partial charge is 0.379 e. The number of rotatable bonds is 4. The monoisotopic (exact) mass is 387 g/mol. The number of aryl methyl sites for hydroxylation is 1. The number of benzene rings is 2. The van der Waals surface area contributed by atoms with E-state index in [1.165, 1.54) is 31.2 Å². The first-order valence-corrected chi connectivity index (χ1v) is 9.05. The van der Waals surface area contributed by atoms with E-state index < -0.39 is 10.1 Å². The molecule has 0 radical (unpaired) electrons. The first-order valence-electron chi connectivity index (χ1n) is 6.89. The predicted octanol–water partition coefficient (Wildman–Crippen LogP) is 4.34. The van der Waals surface area contributed by atoms with Crippen LogP contribution in [0, 0.1) is 13.8 Å². The van der Waals surface area contributed by atoms with Gasteiger partial charge in [0.15, 0.2) is 0 Å². The van der Waals surface area contributed by atoms with Gasteiger partial charge in [0.1, 0.15) is 10.6 Å². The third-order valence-corrected chi connectivity index (χ3v) is 5.63. The van der Waals surface area contributed by atoms with Gasteiger partial charge in [0.2, 0.25) is 5.91 Å². The van der Waals surface area contributed by atoms with Crippen LogP contribution in [0.1, 0.15) is 18.1 Å². The van der Waals surface area contributed by atoms with Crippen molar-refractivity contribution < 1.29 is 17.4 Å². The molecule has 0 aromatic heterocycles. The molecular formula is C16H15Cl2NO4S. The van der Waals surface area contributed by atoms with Crippen molar-refractivity contribution >= 4 is 44.9 Å².